The fraction of sp³-hybridized carbons (Fsp3) is 1.00. The van der Waals surface area contributed by atoms with E-state index < -0.39 is 0 Å². The Morgan fingerprint density at radius 3 is 1.86 bits per heavy atom. The first-order chi connectivity index (χ1) is 6.68. The van der Waals surface area contributed by atoms with E-state index in [0.717, 1.165) is 12.8 Å². The van der Waals surface area contributed by atoms with Crippen molar-refractivity contribution in [2.45, 2.75) is 58.8 Å². The highest BCUT2D eigenvalue weighted by atomic mass is 16.3. The van der Waals surface area contributed by atoms with Gasteiger partial charge in [-0.25, -0.2) is 0 Å². The standard InChI is InChI=1S/C12H26O2/c1-3-4-5-6-7-8-9-12(2,10-13)11-14/h13-14H,3-11H2,1-2H3. The Balaban J connectivity index is 3.34. The molecule has 0 amide bonds. The van der Waals surface area contributed by atoms with E-state index in [1.54, 1.807) is 0 Å². The number of hydrogen-bond acceptors (Lipinski definition) is 2. The molecule has 86 valence electrons. The summed E-state index contributed by atoms with van der Waals surface area (Å²) in [5, 5.41) is 18.1. The Bertz CT molecular complexity index is 119. The minimum Gasteiger partial charge on any atom is -0.396 e. The molecule has 2 nitrogen and oxygen atoms in total. The Morgan fingerprint density at radius 1 is 0.857 bits per heavy atom. The van der Waals surface area contributed by atoms with Crippen molar-refractivity contribution in [2.24, 2.45) is 5.41 Å². The third-order valence-corrected chi connectivity index (χ3v) is 2.90. The smallest absolute Gasteiger partial charge is 0.0506 e. The zero-order chi connectivity index (χ0) is 10.9. The van der Waals surface area contributed by atoms with Crippen molar-refractivity contribution in [1.29, 1.82) is 0 Å². The van der Waals surface area contributed by atoms with Gasteiger partial charge in [0.1, 0.15) is 0 Å². The lowest BCUT2D eigenvalue weighted by Gasteiger charge is -2.24. The van der Waals surface area contributed by atoms with Crippen LogP contribution in [0, 0.1) is 5.41 Å². The molecule has 0 aromatic carbocycles. The highest BCUT2D eigenvalue weighted by Gasteiger charge is 2.21. The van der Waals surface area contributed by atoms with E-state index >= 15 is 0 Å². The topological polar surface area (TPSA) is 40.5 Å². The molecule has 0 unspecified atom stereocenters. The largest absolute Gasteiger partial charge is 0.396 e. The van der Waals surface area contributed by atoms with Crippen molar-refractivity contribution in [3.8, 4) is 0 Å². The van der Waals surface area contributed by atoms with Gasteiger partial charge in [-0.15, -0.1) is 0 Å². The number of aliphatic hydroxyl groups excluding tert-OH is 2. The lowest BCUT2D eigenvalue weighted by Crippen LogP contribution is -2.25. The molecule has 0 bridgehead atoms. The van der Waals surface area contributed by atoms with Crippen LogP contribution in [0.2, 0.25) is 0 Å². The van der Waals surface area contributed by atoms with Gasteiger partial charge in [-0.3, -0.25) is 0 Å². The summed E-state index contributed by atoms with van der Waals surface area (Å²) in [5.74, 6) is 0. The average molecular weight is 202 g/mol. The number of aliphatic hydroxyl groups is 2. The van der Waals surface area contributed by atoms with E-state index in [2.05, 4.69) is 6.92 Å². The van der Waals surface area contributed by atoms with Crippen LogP contribution in [0.25, 0.3) is 0 Å². The SMILES string of the molecule is CCCCCCCCC(C)(CO)CO. The summed E-state index contributed by atoms with van der Waals surface area (Å²) < 4.78 is 0. The summed E-state index contributed by atoms with van der Waals surface area (Å²) >= 11 is 0. The molecular weight excluding hydrogens is 176 g/mol. The Morgan fingerprint density at radius 2 is 1.36 bits per heavy atom. The van der Waals surface area contributed by atoms with Crippen LogP contribution in [-0.4, -0.2) is 23.4 Å². The lowest BCUT2D eigenvalue weighted by atomic mass is 9.86. The molecule has 0 aromatic heterocycles. The van der Waals surface area contributed by atoms with Crippen molar-refractivity contribution in [3.63, 3.8) is 0 Å². The molecule has 0 fully saturated rings. The third kappa shape index (κ3) is 6.39. The van der Waals surface area contributed by atoms with Crippen molar-refractivity contribution in [1.82, 2.24) is 0 Å². The van der Waals surface area contributed by atoms with Crippen LogP contribution in [0.1, 0.15) is 58.8 Å². The molecule has 0 radical (unpaired) electrons. The number of rotatable bonds is 9. The van der Waals surface area contributed by atoms with E-state index in [1.165, 1.54) is 32.1 Å². The highest BCUT2D eigenvalue weighted by Crippen LogP contribution is 2.23. The predicted octanol–water partition coefficient (Wildman–Crippen LogP) is 2.73. The van der Waals surface area contributed by atoms with Crippen LogP contribution in [0.4, 0.5) is 0 Å². The van der Waals surface area contributed by atoms with Gasteiger partial charge in [-0.05, 0) is 6.42 Å². The lowest BCUT2D eigenvalue weighted by molar-refractivity contribution is 0.0605. The van der Waals surface area contributed by atoms with Crippen LogP contribution in [0.15, 0.2) is 0 Å². The molecule has 0 aliphatic rings. The summed E-state index contributed by atoms with van der Waals surface area (Å²) in [6, 6.07) is 0. The normalized spacial score (nSPS) is 12.0. The molecular formula is C12H26O2. The van der Waals surface area contributed by atoms with Crippen molar-refractivity contribution < 1.29 is 10.2 Å². The Kier molecular flexibility index (Phi) is 8.20. The van der Waals surface area contributed by atoms with Gasteiger partial charge in [0, 0.05) is 5.41 Å². The molecule has 0 saturated heterocycles. The summed E-state index contributed by atoms with van der Waals surface area (Å²) in [5.41, 5.74) is -0.259. The fourth-order valence-corrected chi connectivity index (χ4v) is 1.54. The second kappa shape index (κ2) is 8.25. The van der Waals surface area contributed by atoms with Gasteiger partial charge < -0.3 is 10.2 Å². The second-order valence-corrected chi connectivity index (χ2v) is 4.64. The van der Waals surface area contributed by atoms with E-state index in [0.29, 0.717) is 0 Å². The predicted molar refractivity (Wildman–Crippen MR) is 60.3 cm³/mol. The zero-order valence-electron chi connectivity index (χ0n) is 9.76. The monoisotopic (exact) mass is 202 g/mol. The summed E-state index contributed by atoms with van der Waals surface area (Å²) in [7, 11) is 0. The Labute approximate surface area is 88.3 Å². The molecule has 0 rings (SSSR count). The van der Waals surface area contributed by atoms with E-state index in [1.807, 2.05) is 6.92 Å². The molecule has 0 saturated carbocycles. The molecule has 2 N–H and O–H groups in total. The number of unbranched alkanes of at least 4 members (excludes halogenated alkanes) is 5. The van der Waals surface area contributed by atoms with E-state index in [9.17, 15) is 0 Å². The summed E-state index contributed by atoms with van der Waals surface area (Å²) in [6.45, 7) is 4.35. The maximum atomic E-state index is 9.07. The van der Waals surface area contributed by atoms with Crippen LogP contribution >= 0.6 is 0 Å². The van der Waals surface area contributed by atoms with Crippen LogP contribution < -0.4 is 0 Å². The molecule has 14 heavy (non-hydrogen) atoms. The second-order valence-electron chi connectivity index (χ2n) is 4.64. The van der Waals surface area contributed by atoms with E-state index in [4.69, 9.17) is 10.2 Å². The molecule has 2 heteroatoms. The van der Waals surface area contributed by atoms with Gasteiger partial charge in [-0.2, -0.15) is 0 Å². The maximum absolute atomic E-state index is 9.07. The van der Waals surface area contributed by atoms with Gasteiger partial charge in [0.15, 0.2) is 0 Å². The first-order valence-corrected chi connectivity index (χ1v) is 5.90. The average Bonchev–Trinajstić information content (AvgIpc) is 2.23. The van der Waals surface area contributed by atoms with Gasteiger partial charge in [0.25, 0.3) is 0 Å². The molecule has 0 spiro atoms. The third-order valence-electron chi connectivity index (χ3n) is 2.90. The summed E-state index contributed by atoms with van der Waals surface area (Å²) in [6.07, 6.45) is 8.53. The fourth-order valence-electron chi connectivity index (χ4n) is 1.54. The molecule has 0 aliphatic heterocycles. The van der Waals surface area contributed by atoms with Crippen LogP contribution in [0.5, 0.6) is 0 Å². The minimum absolute atomic E-state index is 0.0957. The first-order valence-electron chi connectivity index (χ1n) is 5.90. The molecule has 0 aromatic rings. The van der Waals surface area contributed by atoms with Crippen LogP contribution in [-0.2, 0) is 0 Å². The van der Waals surface area contributed by atoms with Crippen molar-refractivity contribution >= 4 is 0 Å². The van der Waals surface area contributed by atoms with Gasteiger partial charge >= 0.3 is 0 Å². The highest BCUT2D eigenvalue weighted by molar-refractivity contribution is 4.71. The van der Waals surface area contributed by atoms with Crippen molar-refractivity contribution in [3.05, 3.63) is 0 Å². The van der Waals surface area contributed by atoms with E-state index in [-0.39, 0.29) is 18.6 Å². The zero-order valence-corrected chi connectivity index (χ0v) is 9.76. The molecule has 0 atom stereocenters. The van der Waals surface area contributed by atoms with Crippen molar-refractivity contribution in [2.75, 3.05) is 13.2 Å². The Hall–Kier alpha value is -0.0800. The van der Waals surface area contributed by atoms with Crippen LogP contribution in [0.3, 0.4) is 0 Å². The molecule has 0 heterocycles. The minimum atomic E-state index is -0.259. The quantitative estimate of drug-likeness (QED) is 0.564. The maximum Gasteiger partial charge on any atom is 0.0506 e. The first kappa shape index (κ1) is 13.9. The van der Waals surface area contributed by atoms with Gasteiger partial charge in [0.05, 0.1) is 13.2 Å². The van der Waals surface area contributed by atoms with Gasteiger partial charge in [-0.1, -0.05) is 52.4 Å². The number of hydrogen-bond donors (Lipinski definition) is 2. The molecule has 0 aliphatic carbocycles. The van der Waals surface area contributed by atoms with Gasteiger partial charge in [0.2, 0.25) is 0 Å². The summed E-state index contributed by atoms with van der Waals surface area (Å²) in [4.78, 5) is 0.